The summed E-state index contributed by atoms with van der Waals surface area (Å²) in [6.07, 6.45) is 0. The number of hydrogen-bond donors (Lipinski definition) is 1. The van der Waals surface area contributed by atoms with Gasteiger partial charge in [0.15, 0.2) is 0 Å². The molecule has 1 amide bonds. The maximum atomic E-state index is 12.5. The van der Waals surface area contributed by atoms with Gasteiger partial charge in [-0.05, 0) is 36.8 Å². The summed E-state index contributed by atoms with van der Waals surface area (Å²) in [4.78, 5) is 27.3. The van der Waals surface area contributed by atoms with E-state index >= 15 is 0 Å². The van der Waals surface area contributed by atoms with Crippen LogP contribution in [-0.2, 0) is 11.3 Å². The van der Waals surface area contributed by atoms with Crippen LogP contribution in [0.2, 0.25) is 0 Å². The van der Waals surface area contributed by atoms with Crippen molar-refractivity contribution >= 4 is 17.3 Å². The number of rotatable bonds is 7. The zero-order valence-electron chi connectivity index (χ0n) is 16.7. The van der Waals surface area contributed by atoms with Crippen LogP contribution in [0.5, 0.6) is 5.75 Å². The number of nitrogens with one attached hydrogen (secondary N) is 1. The Labute approximate surface area is 170 Å². The third-order valence-corrected chi connectivity index (χ3v) is 5.29. The van der Waals surface area contributed by atoms with Gasteiger partial charge in [-0.1, -0.05) is 12.1 Å². The van der Waals surface area contributed by atoms with E-state index in [0.717, 1.165) is 43.2 Å². The number of anilines is 1. The summed E-state index contributed by atoms with van der Waals surface area (Å²) in [7, 11) is 1.62. The first-order valence-corrected chi connectivity index (χ1v) is 9.62. The van der Waals surface area contributed by atoms with Crippen LogP contribution >= 0.6 is 0 Å². The highest BCUT2D eigenvalue weighted by molar-refractivity contribution is 5.81. The van der Waals surface area contributed by atoms with Gasteiger partial charge in [-0.25, -0.2) is 0 Å². The molecule has 1 heterocycles. The molecule has 1 saturated heterocycles. The van der Waals surface area contributed by atoms with Gasteiger partial charge in [0.05, 0.1) is 18.1 Å². The van der Waals surface area contributed by atoms with Crippen LogP contribution in [0.1, 0.15) is 12.5 Å². The minimum Gasteiger partial charge on any atom is -0.497 e. The second kappa shape index (κ2) is 9.38. The minimum absolute atomic E-state index is 0.00426. The van der Waals surface area contributed by atoms with E-state index in [1.165, 1.54) is 12.1 Å². The van der Waals surface area contributed by atoms with Gasteiger partial charge in [0.1, 0.15) is 5.75 Å². The lowest BCUT2D eigenvalue weighted by Crippen LogP contribution is -2.53. The lowest BCUT2D eigenvalue weighted by atomic mass is 10.1. The van der Waals surface area contributed by atoms with Gasteiger partial charge < -0.3 is 15.0 Å². The Morgan fingerprint density at radius 1 is 1.10 bits per heavy atom. The molecule has 3 rings (SSSR count). The highest BCUT2D eigenvalue weighted by Gasteiger charge is 2.25. The Morgan fingerprint density at radius 3 is 2.28 bits per heavy atom. The molecule has 0 saturated carbocycles. The van der Waals surface area contributed by atoms with Crippen molar-refractivity contribution < 1.29 is 14.5 Å². The van der Waals surface area contributed by atoms with Gasteiger partial charge in [-0.3, -0.25) is 19.8 Å². The van der Waals surface area contributed by atoms with E-state index in [0.29, 0.717) is 6.54 Å². The number of amides is 1. The molecule has 1 aliphatic rings. The average Bonchev–Trinajstić information content (AvgIpc) is 2.77. The number of nitro benzene ring substituents is 1. The number of carbonyl (C=O) groups excluding carboxylic acids is 1. The van der Waals surface area contributed by atoms with Crippen molar-refractivity contribution in [1.82, 2.24) is 10.2 Å². The molecule has 1 fully saturated rings. The molecule has 0 radical (unpaired) electrons. The quantitative estimate of drug-likeness (QED) is 0.569. The summed E-state index contributed by atoms with van der Waals surface area (Å²) in [6.45, 7) is 5.46. The maximum Gasteiger partial charge on any atom is 0.269 e. The number of methoxy groups -OCH3 is 1. The minimum atomic E-state index is -0.395. The summed E-state index contributed by atoms with van der Waals surface area (Å²) in [5.74, 6) is 0.795. The summed E-state index contributed by atoms with van der Waals surface area (Å²) >= 11 is 0. The SMILES string of the molecule is COc1ccc(CNC(=O)[C@@H](C)N2CCN(c3ccc([N+](=O)[O-])cc3)CC2)cc1. The molecular weight excluding hydrogens is 372 g/mol. The Balaban J connectivity index is 1.47. The molecule has 1 aliphatic heterocycles. The molecule has 1 N–H and O–H groups in total. The van der Waals surface area contributed by atoms with Gasteiger partial charge >= 0.3 is 0 Å². The fourth-order valence-electron chi connectivity index (χ4n) is 3.40. The van der Waals surface area contributed by atoms with E-state index in [9.17, 15) is 14.9 Å². The monoisotopic (exact) mass is 398 g/mol. The standard InChI is InChI=1S/C21H26N4O4/c1-16(21(26)22-15-17-3-9-20(29-2)10-4-17)23-11-13-24(14-12-23)18-5-7-19(8-6-18)25(27)28/h3-10,16H,11-15H2,1-2H3,(H,22,26)/t16-/m1/s1. The Kier molecular flexibility index (Phi) is 6.66. The number of carbonyl (C=O) groups is 1. The number of non-ortho nitro benzene ring substituents is 1. The predicted molar refractivity (Wildman–Crippen MR) is 111 cm³/mol. The molecule has 2 aromatic carbocycles. The molecule has 154 valence electrons. The first kappa shape index (κ1) is 20.6. The molecule has 0 bridgehead atoms. The number of benzene rings is 2. The number of ether oxygens (including phenoxy) is 1. The van der Waals surface area contributed by atoms with Crippen LogP contribution in [0, 0.1) is 10.1 Å². The first-order chi connectivity index (χ1) is 14.0. The molecule has 1 atom stereocenters. The number of nitrogens with zero attached hydrogens (tertiary/aromatic N) is 3. The molecule has 0 aliphatic carbocycles. The van der Waals surface area contributed by atoms with Crippen molar-refractivity contribution in [2.24, 2.45) is 0 Å². The molecule has 8 heteroatoms. The lowest BCUT2D eigenvalue weighted by Gasteiger charge is -2.38. The van der Waals surface area contributed by atoms with E-state index in [1.807, 2.05) is 31.2 Å². The van der Waals surface area contributed by atoms with Crippen LogP contribution in [0.15, 0.2) is 48.5 Å². The average molecular weight is 398 g/mol. The van der Waals surface area contributed by atoms with Gasteiger partial charge in [0.2, 0.25) is 5.91 Å². The van der Waals surface area contributed by atoms with Crippen molar-refractivity contribution in [3.8, 4) is 5.75 Å². The highest BCUT2D eigenvalue weighted by Crippen LogP contribution is 2.21. The smallest absolute Gasteiger partial charge is 0.269 e. The zero-order valence-corrected chi connectivity index (χ0v) is 16.7. The fraction of sp³-hybridized carbons (Fsp3) is 0.381. The molecule has 2 aromatic rings. The van der Waals surface area contributed by atoms with Crippen LogP contribution in [0.3, 0.4) is 0 Å². The number of piperazine rings is 1. The van der Waals surface area contributed by atoms with Crippen LogP contribution < -0.4 is 15.0 Å². The van der Waals surface area contributed by atoms with E-state index in [-0.39, 0.29) is 17.6 Å². The van der Waals surface area contributed by atoms with E-state index in [1.54, 1.807) is 19.2 Å². The summed E-state index contributed by atoms with van der Waals surface area (Å²) < 4.78 is 5.14. The third kappa shape index (κ3) is 5.23. The first-order valence-electron chi connectivity index (χ1n) is 9.62. The van der Waals surface area contributed by atoms with Crippen molar-refractivity contribution in [2.75, 3.05) is 38.2 Å². The number of hydrogen-bond acceptors (Lipinski definition) is 6. The molecule has 8 nitrogen and oxygen atoms in total. The molecule has 29 heavy (non-hydrogen) atoms. The Hall–Kier alpha value is -3.13. The van der Waals surface area contributed by atoms with Gasteiger partial charge in [-0.2, -0.15) is 0 Å². The second-order valence-electron chi connectivity index (χ2n) is 7.04. The normalized spacial score (nSPS) is 15.6. The van der Waals surface area contributed by atoms with Crippen molar-refractivity contribution in [1.29, 1.82) is 0 Å². The van der Waals surface area contributed by atoms with Crippen molar-refractivity contribution in [3.05, 3.63) is 64.2 Å². The summed E-state index contributed by atoms with van der Waals surface area (Å²) in [6, 6.07) is 14.0. The molecule has 0 unspecified atom stereocenters. The summed E-state index contributed by atoms with van der Waals surface area (Å²) in [5, 5.41) is 13.8. The van der Waals surface area contributed by atoms with E-state index in [4.69, 9.17) is 4.74 Å². The zero-order chi connectivity index (χ0) is 20.8. The predicted octanol–water partition coefficient (Wildman–Crippen LogP) is 2.43. The van der Waals surface area contributed by atoms with Crippen LogP contribution in [0.4, 0.5) is 11.4 Å². The number of nitro groups is 1. The fourth-order valence-corrected chi connectivity index (χ4v) is 3.40. The van der Waals surface area contributed by atoms with E-state index < -0.39 is 4.92 Å². The lowest BCUT2D eigenvalue weighted by molar-refractivity contribution is -0.384. The van der Waals surface area contributed by atoms with Gasteiger partial charge in [0.25, 0.3) is 5.69 Å². The topological polar surface area (TPSA) is 88.0 Å². The van der Waals surface area contributed by atoms with Crippen molar-refractivity contribution in [2.45, 2.75) is 19.5 Å². The summed E-state index contributed by atoms with van der Waals surface area (Å²) in [5.41, 5.74) is 2.08. The van der Waals surface area contributed by atoms with E-state index in [2.05, 4.69) is 15.1 Å². The van der Waals surface area contributed by atoms with Crippen LogP contribution in [0.25, 0.3) is 0 Å². The Bertz CT molecular complexity index is 831. The molecule has 0 aromatic heterocycles. The second-order valence-corrected chi connectivity index (χ2v) is 7.04. The molecular formula is C21H26N4O4. The molecule has 0 spiro atoms. The van der Waals surface area contributed by atoms with Crippen LogP contribution in [-0.4, -0.2) is 55.1 Å². The van der Waals surface area contributed by atoms with Crippen molar-refractivity contribution in [3.63, 3.8) is 0 Å². The Morgan fingerprint density at radius 2 is 1.72 bits per heavy atom. The van der Waals surface area contributed by atoms with Gasteiger partial charge in [0, 0.05) is 50.5 Å². The van der Waals surface area contributed by atoms with Gasteiger partial charge in [-0.15, -0.1) is 0 Å². The largest absolute Gasteiger partial charge is 0.497 e. The maximum absolute atomic E-state index is 12.5. The third-order valence-electron chi connectivity index (χ3n) is 5.29. The highest BCUT2D eigenvalue weighted by atomic mass is 16.6.